The van der Waals surface area contributed by atoms with Crippen LogP contribution in [0, 0.1) is 6.92 Å². The first-order valence-corrected chi connectivity index (χ1v) is 8.09. The van der Waals surface area contributed by atoms with Crippen molar-refractivity contribution in [2.75, 3.05) is 5.32 Å². The van der Waals surface area contributed by atoms with Gasteiger partial charge in [-0.1, -0.05) is 0 Å². The largest absolute Gasteiger partial charge is 0.332 e. The molecule has 0 radical (unpaired) electrons. The molecule has 0 aliphatic rings. The molecule has 0 fully saturated rings. The first kappa shape index (κ1) is 16.4. The van der Waals surface area contributed by atoms with E-state index < -0.39 is 17.2 Å². The van der Waals surface area contributed by atoms with Gasteiger partial charge in [0.25, 0.3) is 5.56 Å². The Kier molecular flexibility index (Phi) is 4.01. The number of nitrogens with one attached hydrogen (secondary N) is 1. The van der Waals surface area contributed by atoms with Gasteiger partial charge in [0.05, 0.1) is 5.69 Å². The third-order valence-electron chi connectivity index (χ3n) is 3.47. The molecule has 9 nitrogen and oxygen atoms in total. The SMILES string of the molecule is Cc1csc(NC(=O)Cn2c(Cl)nc3c2c(=O)n(C)c(=O)n3C)n1. The summed E-state index contributed by atoms with van der Waals surface area (Å²) < 4.78 is 3.43. The van der Waals surface area contributed by atoms with Crippen LogP contribution in [0.15, 0.2) is 15.0 Å². The standard InChI is InChI=1S/C13H13ClN6O3S/c1-6-5-24-12(15-6)16-7(21)4-20-8-9(17-11(20)14)18(2)13(23)19(3)10(8)22/h5H,4H2,1-3H3,(H,15,16,21). The fourth-order valence-corrected chi connectivity index (χ4v) is 3.21. The molecule has 0 bridgehead atoms. The number of carbonyl (C=O) groups excluding carboxylic acids is 1. The van der Waals surface area contributed by atoms with Crippen LogP contribution in [-0.4, -0.2) is 29.6 Å². The summed E-state index contributed by atoms with van der Waals surface area (Å²) in [6.45, 7) is 1.60. The summed E-state index contributed by atoms with van der Waals surface area (Å²) in [5.41, 5.74) is -0.0618. The van der Waals surface area contributed by atoms with Crippen molar-refractivity contribution in [3.63, 3.8) is 0 Å². The highest BCUT2D eigenvalue weighted by molar-refractivity contribution is 7.13. The van der Waals surface area contributed by atoms with Gasteiger partial charge < -0.3 is 5.32 Å². The number of anilines is 1. The zero-order chi connectivity index (χ0) is 17.6. The van der Waals surface area contributed by atoms with Gasteiger partial charge in [-0.3, -0.25) is 23.3 Å². The highest BCUT2D eigenvalue weighted by Crippen LogP contribution is 2.17. The molecular weight excluding hydrogens is 356 g/mol. The molecule has 0 atom stereocenters. The van der Waals surface area contributed by atoms with Crippen LogP contribution in [0.1, 0.15) is 5.69 Å². The molecule has 3 aromatic heterocycles. The fraction of sp³-hybridized carbons (Fsp3) is 0.308. The molecule has 24 heavy (non-hydrogen) atoms. The summed E-state index contributed by atoms with van der Waals surface area (Å²) in [5, 5.41) is 4.85. The number of aryl methyl sites for hydroxylation is 2. The highest BCUT2D eigenvalue weighted by Gasteiger charge is 2.20. The molecule has 1 N–H and O–H groups in total. The van der Waals surface area contributed by atoms with Crippen LogP contribution in [0.2, 0.25) is 5.28 Å². The van der Waals surface area contributed by atoms with E-state index in [1.165, 1.54) is 34.6 Å². The second kappa shape index (κ2) is 5.87. The van der Waals surface area contributed by atoms with E-state index >= 15 is 0 Å². The maximum absolute atomic E-state index is 12.4. The molecule has 3 heterocycles. The number of aromatic nitrogens is 5. The number of hydrogen-bond acceptors (Lipinski definition) is 6. The van der Waals surface area contributed by atoms with Crippen molar-refractivity contribution in [3.8, 4) is 0 Å². The van der Waals surface area contributed by atoms with Crippen molar-refractivity contribution >= 4 is 45.1 Å². The number of imidazole rings is 1. The topological polar surface area (TPSA) is 104 Å². The molecule has 0 unspecified atom stereocenters. The van der Waals surface area contributed by atoms with E-state index in [1.807, 2.05) is 6.92 Å². The quantitative estimate of drug-likeness (QED) is 0.677. The smallest absolute Gasteiger partial charge is 0.300 e. The molecule has 0 aliphatic heterocycles. The van der Waals surface area contributed by atoms with Crippen LogP contribution >= 0.6 is 22.9 Å². The van der Waals surface area contributed by atoms with Crippen molar-refractivity contribution in [2.24, 2.45) is 14.1 Å². The first-order chi connectivity index (χ1) is 11.3. The lowest BCUT2D eigenvalue weighted by atomic mass is 10.4. The number of carbonyl (C=O) groups is 1. The summed E-state index contributed by atoms with van der Waals surface area (Å²) >= 11 is 7.36. The minimum Gasteiger partial charge on any atom is -0.300 e. The first-order valence-electron chi connectivity index (χ1n) is 6.83. The average Bonchev–Trinajstić information content (AvgIpc) is 3.07. The van der Waals surface area contributed by atoms with Gasteiger partial charge >= 0.3 is 5.69 Å². The van der Waals surface area contributed by atoms with Gasteiger partial charge in [0, 0.05) is 19.5 Å². The molecule has 0 aliphatic carbocycles. The van der Waals surface area contributed by atoms with E-state index in [0.29, 0.717) is 5.13 Å². The minimum absolute atomic E-state index is 0.0474. The van der Waals surface area contributed by atoms with Gasteiger partial charge in [-0.25, -0.2) is 9.78 Å². The van der Waals surface area contributed by atoms with Crippen LogP contribution in [0.25, 0.3) is 11.2 Å². The number of halogens is 1. The van der Waals surface area contributed by atoms with Crippen LogP contribution in [0.4, 0.5) is 5.13 Å². The number of hydrogen-bond donors (Lipinski definition) is 1. The van der Waals surface area contributed by atoms with Crippen LogP contribution in [0.5, 0.6) is 0 Å². The number of amides is 1. The third kappa shape index (κ3) is 2.63. The van der Waals surface area contributed by atoms with Crippen molar-refractivity contribution in [3.05, 3.63) is 37.2 Å². The van der Waals surface area contributed by atoms with Crippen LogP contribution in [0.3, 0.4) is 0 Å². The monoisotopic (exact) mass is 368 g/mol. The highest BCUT2D eigenvalue weighted by atomic mass is 35.5. The molecule has 0 spiro atoms. The number of nitrogens with zero attached hydrogens (tertiary/aromatic N) is 5. The Morgan fingerprint density at radius 1 is 1.29 bits per heavy atom. The summed E-state index contributed by atoms with van der Waals surface area (Å²) in [7, 11) is 2.84. The molecule has 3 aromatic rings. The van der Waals surface area contributed by atoms with Crippen molar-refractivity contribution in [1.29, 1.82) is 0 Å². The maximum Gasteiger partial charge on any atom is 0.332 e. The van der Waals surface area contributed by atoms with Gasteiger partial charge in [0.15, 0.2) is 16.3 Å². The Bertz CT molecular complexity index is 1080. The second-order valence-electron chi connectivity index (χ2n) is 5.19. The van der Waals surface area contributed by atoms with Crippen molar-refractivity contribution < 1.29 is 4.79 Å². The Labute approximate surface area is 144 Å². The Hall–Kier alpha value is -2.46. The van der Waals surface area contributed by atoms with Gasteiger partial charge in [-0.05, 0) is 18.5 Å². The molecule has 0 aromatic carbocycles. The molecule has 126 valence electrons. The van der Waals surface area contributed by atoms with E-state index in [-0.39, 0.29) is 23.0 Å². The Morgan fingerprint density at radius 3 is 2.62 bits per heavy atom. The van der Waals surface area contributed by atoms with Crippen molar-refractivity contribution in [2.45, 2.75) is 13.5 Å². The van der Waals surface area contributed by atoms with E-state index in [0.717, 1.165) is 10.3 Å². The molecular formula is C13H13ClN6O3S. The molecule has 0 saturated carbocycles. The Morgan fingerprint density at radius 2 is 2.00 bits per heavy atom. The minimum atomic E-state index is -0.564. The lowest BCUT2D eigenvalue weighted by Gasteiger charge is -2.07. The molecule has 11 heteroatoms. The second-order valence-corrected chi connectivity index (χ2v) is 6.38. The summed E-state index contributed by atoms with van der Waals surface area (Å²) in [5.74, 6) is -0.401. The molecule has 3 rings (SSSR count). The van der Waals surface area contributed by atoms with Gasteiger partial charge in [0.1, 0.15) is 6.54 Å². The van der Waals surface area contributed by atoms with Gasteiger partial charge in [-0.15, -0.1) is 11.3 Å². The van der Waals surface area contributed by atoms with E-state index in [4.69, 9.17) is 11.6 Å². The number of fused-ring (bicyclic) bond motifs is 1. The fourth-order valence-electron chi connectivity index (χ4n) is 2.28. The predicted octanol–water partition coefficient (Wildman–Crippen LogP) is 0.491. The van der Waals surface area contributed by atoms with Crippen molar-refractivity contribution in [1.82, 2.24) is 23.7 Å². The van der Waals surface area contributed by atoms with Crippen LogP contribution < -0.4 is 16.6 Å². The normalized spacial score (nSPS) is 11.2. The number of rotatable bonds is 3. The molecule has 1 amide bonds. The van der Waals surface area contributed by atoms with Gasteiger partial charge in [-0.2, -0.15) is 4.98 Å². The average molecular weight is 369 g/mol. The predicted molar refractivity (Wildman–Crippen MR) is 90.7 cm³/mol. The summed E-state index contributed by atoms with van der Waals surface area (Å²) in [6.07, 6.45) is 0. The maximum atomic E-state index is 12.4. The van der Waals surface area contributed by atoms with E-state index in [1.54, 1.807) is 5.38 Å². The summed E-state index contributed by atoms with van der Waals surface area (Å²) in [6, 6.07) is 0. The van der Waals surface area contributed by atoms with E-state index in [2.05, 4.69) is 15.3 Å². The lowest BCUT2D eigenvalue weighted by molar-refractivity contribution is -0.116. The van der Waals surface area contributed by atoms with E-state index in [9.17, 15) is 14.4 Å². The Balaban J connectivity index is 2.04. The van der Waals surface area contributed by atoms with Gasteiger partial charge in [0.2, 0.25) is 11.2 Å². The summed E-state index contributed by atoms with van der Waals surface area (Å²) in [4.78, 5) is 44.7. The number of thiazole rings is 1. The lowest BCUT2D eigenvalue weighted by Crippen LogP contribution is -2.37. The molecule has 0 saturated heterocycles. The zero-order valence-electron chi connectivity index (χ0n) is 13.0. The van der Waals surface area contributed by atoms with Crippen LogP contribution in [-0.2, 0) is 25.4 Å². The third-order valence-corrected chi connectivity index (χ3v) is 4.63. The zero-order valence-corrected chi connectivity index (χ0v) is 14.6.